The molecule has 0 aromatic heterocycles. The van der Waals surface area contributed by atoms with Crippen molar-refractivity contribution < 1.29 is 0 Å². The highest BCUT2D eigenvalue weighted by Crippen LogP contribution is 2.18. The van der Waals surface area contributed by atoms with Crippen molar-refractivity contribution >= 4 is 0 Å². The summed E-state index contributed by atoms with van der Waals surface area (Å²) in [6.07, 6.45) is 3.61. The van der Waals surface area contributed by atoms with Gasteiger partial charge in [0.1, 0.15) is 0 Å². The summed E-state index contributed by atoms with van der Waals surface area (Å²) in [5.74, 6) is 0. The van der Waals surface area contributed by atoms with Crippen LogP contribution < -0.4 is 10.6 Å². The van der Waals surface area contributed by atoms with Crippen molar-refractivity contribution in [1.82, 2.24) is 10.6 Å². The first-order valence-electron chi connectivity index (χ1n) is 7.10. The van der Waals surface area contributed by atoms with Crippen LogP contribution in [0.5, 0.6) is 0 Å². The molecule has 1 unspecified atom stereocenters. The van der Waals surface area contributed by atoms with Crippen LogP contribution >= 0.6 is 0 Å². The summed E-state index contributed by atoms with van der Waals surface area (Å²) in [7, 11) is 0. The average Bonchev–Trinajstić information content (AvgIpc) is 2.30. The Hall–Kier alpha value is -0.860. The van der Waals surface area contributed by atoms with Gasteiger partial charge in [-0.3, -0.25) is 0 Å². The third-order valence-corrected chi connectivity index (χ3v) is 3.94. The van der Waals surface area contributed by atoms with Crippen LogP contribution in [-0.4, -0.2) is 24.7 Å². The molecule has 1 aromatic carbocycles. The highest BCUT2D eigenvalue weighted by atomic mass is 15.0. The van der Waals surface area contributed by atoms with Crippen LogP contribution in [-0.2, 0) is 6.42 Å². The van der Waals surface area contributed by atoms with Crippen molar-refractivity contribution in [1.29, 1.82) is 0 Å². The molecule has 1 atom stereocenters. The van der Waals surface area contributed by atoms with Crippen LogP contribution in [0.25, 0.3) is 0 Å². The summed E-state index contributed by atoms with van der Waals surface area (Å²) < 4.78 is 0. The third kappa shape index (κ3) is 3.82. The predicted octanol–water partition coefficient (Wildman–Crippen LogP) is 2.66. The van der Waals surface area contributed by atoms with Crippen molar-refractivity contribution in [2.24, 2.45) is 0 Å². The van der Waals surface area contributed by atoms with Crippen LogP contribution in [0.3, 0.4) is 0 Å². The molecule has 2 nitrogen and oxygen atoms in total. The van der Waals surface area contributed by atoms with Gasteiger partial charge in [0, 0.05) is 11.6 Å². The Morgan fingerprint density at radius 2 is 2.11 bits per heavy atom. The maximum atomic E-state index is 3.71. The molecular weight excluding hydrogens is 220 g/mol. The quantitative estimate of drug-likeness (QED) is 0.853. The van der Waals surface area contributed by atoms with Gasteiger partial charge in [0.2, 0.25) is 0 Å². The minimum atomic E-state index is 0.290. The summed E-state index contributed by atoms with van der Waals surface area (Å²) in [4.78, 5) is 0. The molecule has 1 heterocycles. The van der Waals surface area contributed by atoms with Gasteiger partial charge in [-0.25, -0.2) is 0 Å². The summed E-state index contributed by atoms with van der Waals surface area (Å²) in [5.41, 5.74) is 3.17. The molecule has 1 aromatic rings. The van der Waals surface area contributed by atoms with E-state index >= 15 is 0 Å². The second-order valence-corrected chi connectivity index (χ2v) is 6.13. The second kappa shape index (κ2) is 5.85. The van der Waals surface area contributed by atoms with Crippen molar-refractivity contribution in [3.8, 4) is 0 Å². The van der Waals surface area contributed by atoms with E-state index < -0.39 is 0 Å². The second-order valence-electron chi connectivity index (χ2n) is 6.13. The van der Waals surface area contributed by atoms with E-state index in [-0.39, 0.29) is 0 Å². The Balaban J connectivity index is 1.77. The first kappa shape index (κ1) is 13.6. The average molecular weight is 246 g/mol. The van der Waals surface area contributed by atoms with E-state index in [1.165, 1.54) is 24.0 Å². The minimum absolute atomic E-state index is 0.290. The lowest BCUT2D eigenvalue weighted by molar-refractivity contribution is 0.249. The first-order chi connectivity index (χ1) is 8.57. The van der Waals surface area contributed by atoms with Crippen LogP contribution in [0.4, 0.5) is 0 Å². The zero-order chi connectivity index (χ0) is 13.0. The molecule has 2 rings (SSSR count). The molecule has 1 aliphatic rings. The Bertz CT molecular complexity index is 384. The zero-order valence-corrected chi connectivity index (χ0v) is 11.9. The number of benzene rings is 1. The van der Waals surface area contributed by atoms with Gasteiger partial charge in [0.05, 0.1) is 0 Å². The number of nitrogens with one attached hydrogen (secondary N) is 2. The molecule has 18 heavy (non-hydrogen) atoms. The van der Waals surface area contributed by atoms with Gasteiger partial charge in [-0.05, 0) is 64.3 Å². The number of hydrogen-bond acceptors (Lipinski definition) is 2. The Labute approximate surface area is 111 Å². The van der Waals surface area contributed by atoms with Gasteiger partial charge < -0.3 is 10.6 Å². The molecule has 1 aliphatic heterocycles. The highest BCUT2D eigenvalue weighted by molar-refractivity contribution is 5.25. The Morgan fingerprint density at radius 1 is 1.33 bits per heavy atom. The van der Waals surface area contributed by atoms with Gasteiger partial charge in [-0.2, -0.15) is 0 Å². The molecule has 1 saturated heterocycles. The standard InChI is InChI=1S/C16H26N2/c1-13-6-4-5-7-14(13)8-10-17-15-9-11-18-16(2,3)12-15/h4-7,15,17-18H,8-12H2,1-3H3. The van der Waals surface area contributed by atoms with Crippen LogP contribution in [0.1, 0.15) is 37.8 Å². The molecule has 0 aliphatic carbocycles. The molecule has 1 fully saturated rings. The van der Waals surface area contributed by atoms with Crippen molar-refractivity contribution in [2.45, 2.75) is 51.6 Å². The lowest BCUT2D eigenvalue weighted by Gasteiger charge is -2.37. The molecule has 0 spiro atoms. The lowest BCUT2D eigenvalue weighted by Crippen LogP contribution is -2.52. The van der Waals surface area contributed by atoms with Gasteiger partial charge in [-0.15, -0.1) is 0 Å². The SMILES string of the molecule is Cc1ccccc1CCNC1CCNC(C)(C)C1. The zero-order valence-electron chi connectivity index (χ0n) is 11.9. The molecule has 0 amide bonds. The summed E-state index contributed by atoms with van der Waals surface area (Å²) in [5, 5.41) is 7.28. The molecule has 100 valence electrons. The molecule has 0 radical (unpaired) electrons. The topological polar surface area (TPSA) is 24.1 Å². The normalized spacial score (nSPS) is 22.9. The summed E-state index contributed by atoms with van der Waals surface area (Å²) in [6.45, 7) is 9.01. The molecule has 2 N–H and O–H groups in total. The van der Waals surface area contributed by atoms with E-state index in [1.54, 1.807) is 0 Å². The lowest BCUT2D eigenvalue weighted by atomic mass is 9.89. The van der Waals surface area contributed by atoms with Gasteiger partial charge >= 0.3 is 0 Å². The van der Waals surface area contributed by atoms with Gasteiger partial charge in [0.25, 0.3) is 0 Å². The molecule has 0 bridgehead atoms. The summed E-state index contributed by atoms with van der Waals surface area (Å²) in [6, 6.07) is 9.36. The van der Waals surface area contributed by atoms with E-state index in [1.807, 2.05) is 0 Å². The van der Waals surface area contributed by atoms with Crippen LogP contribution in [0, 0.1) is 6.92 Å². The highest BCUT2D eigenvalue weighted by Gasteiger charge is 2.26. The van der Waals surface area contributed by atoms with Crippen molar-refractivity contribution in [3.63, 3.8) is 0 Å². The number of rotatable bonds is 4. The number of hydrogen-bond donors (Lipinski definition) is 2. The van der Waals surface area contributed by atoms with Crippen LogP contribution in [0.2, 0.25) is 0 Å². The maximum absolute atomic E-state index is 3.71. The molecule has 0 saturated carbocycles. The third-order valence-electron chi connectivity index (χ3n) is 3.94. The predicted molar refractivity (Wildman–Crippen MR) is 78.0 cm³/mol. The van der Waals surface area contributed by atoms with Gasteiger partial charge in [0.15, 0.2) is 0 Å². The fraction of sp³-hybridized carbons (Fsp3) is 0.625. The van der Waals surface area contributed by atoms with Crippen LogP contribution in [0.15, 0.2) is 24.3 Å². The Morgan fingerprint density at radius 3 is 2.83 bits per heavy atom. The van der Waals surface area contributed by atoms with E-state index in [2.05, 4.69) is 55.7 Å². The number of piperidine rings is 1. The van der Waals surface area contributed by atoms with Crippen molar-refractivity contribution in [3.05, 3.63) is 35.4 Å². The maximum Gasteiger partial charge on any atom is 0.0139 e. The summed E-state index contributed by atoms with van der Waals surface area (Å²) >= 11 is 0. The fourth-order valence-corrected chi connectivity index (χ4v) is 2.85. The fourth-order valence-electron chi connectivity index (χ4n) is 2.85. The van der Waals surface area contributed by atoms with Crippen molar-refractivity contribution in [2.75, 3.05) is 13.1 Å². The smallest absolute Gasteiger partial charge is 0.0139 e. The first-order valence-corrected chi connectivity index (χ1v) is 7.10. The van der Waals surface area contributed by atoms with E-state index in [9.17, 15) is 0 Å². The largest absolute Gasteiger partial charge is 0.314 e. The van der Waals surface area contributed by atoms with E-state index in [4.69, 9.17) is 0 Å². The number of aryl methyl sites for hydroxylation is 1. The van der Waals surface area contributed by atoms with E-state index in [0.29, 0.717) is 11.6 Å². The Kier molecular flexibility index (Phi) is 4.41. The molecular formula is C16H26N2. The van der Waals surface area contributed by atoms with E-state index in [0.717, 1.165) is 19.5 Å². The monoisotopic (exact) mass is 246 g/mol. The minimum Gasteiger partial charge on any atom is -0.314 e. The van der Waals surface area contributed by atoms with Gasteiger partial charge in [-0.1, -0.05) is 24.3 Å². The molecule has 2 heteroatoms.